The molecule has 0 radical (unpaired) electrons. The zero-order chi connectivity index (χ0) is 16.3. The van der Waals surface area contributed by atoms with Gasteiger partial charge in [-0.15, -0.1) is 6.42 Å². The molecule has 0 aliphatic rings. The zero-order valence-corrected chi connectivity index (χ0v) is 13.8. The standard InChI is InChI=1S/C16H15Cl2N3O/c1-4-16(2,3)21(15(22)20-8-7-19-11-20)10-12-5-6-13(17)9-14(12)18/h1,5-9,11H,10H2,2-3H3. The molecule has 0 bridgehead atoms. The molecule has 0 spiro atoms. The summed E-state index contributed by atoms with van der Waals surface area (Å²) in [5.41, 5.74) is -0.0208. The van der Waals surface area contributed by atoms with Crippen LogP contribution in [0.25, 0.3) is 0 Å². The van der Waals surface area contributed by atoms with E-state index < -0.39 is 5.54 Å². The lowest BCUT2D eigenvalue weighted by Gasteiger charge is -2.34. The lowest BCUT2D eigenvalue weighted by Crippen LogP contribution is -2.47. The molecule has 1 aromatic heterocycles. The molecule has 6 heteroatoms. The van der Waals surface area contributed by atoms with Crippen LogP contribution in [-0.4, -0.2) is 26.0 Å². The summed E-state index contributed by atoms with van der Waals surface area (Å²) in [6, 6.07) is 4.88. The minimum Gasteiger partial charge on any atom is -0.304 e. The van der Waals surface area contributed by atoms with E-state index in [9.17, 15) is 4.79 Å². The fraction of sp³-hybridized carbons (Fsp3) is 0.250. The summed E-state index contributed by atoms with van der Waals surface area (Å²) in [7, 11) is 0. The van der Waals surface area contributed by atoms with Gasteiger partial charge in [-0.1, -0.05) is 35.2 Å². The Morgan fingerprint density at radius 2 is 2.18 bits per heavy atom. The van der Waals surface area contributed by atoms with Crippen LogP contribution in [0.1, 0.15) is 19.4 Å². The molecule has 22 heavy (non-hydrogen) atoms. The summed E-state index contributed by atoms with van der Waals surface area (Å²) < 4.78 is 1.38. The van der Waals surface area contributed by atoms with Gasteiger partial charge in [-0.25, -0.2) is 9.78 Å². The molecule has 4 nitrogen and oxygen atoms in total. The number of carbonyl (C=O) groups excluding carboxylic acids is 1. The Kier molecular flexibility index (Phi) is 4.80. The monoisotopic (exact) mass is 335 g/mol. The quantitative estimate of drug-likeness (QED) is 0.793. The van der Waals surface area contributed by atoms with Crippen LogP contribution in [0.3, 0.4) is 0 Å². The highest BCUT2D eigenvalue weighted by Crippen LogP contribution is 2.25. The van der Waals surface area contributed by atoms with E-state index >= 15 is 0 Å². The largest absolute Gasteiger partial charge is 0.330 e. The van der Waals surface area contributed by atoms with Crippen molar-refractivity contribution < 1.29 is 4.79 Å². The number of aromatic nitrogens is 2. The molecule has 1 heterocycles. The molecule has 1 amide bonds. The van der Waals surface area contributed by atoms with Crippen molar-refractivity contribution in [3.63, 3.8) is 0 Å². The minimum atomic E-state index is -0.787. The maximum Gasteiger partial charge on any atom is 0.330 e. The molecule has 0 atom stereocenters. The number of hydrogen-bond donors (Lipinski definition) is 0. The van der Waals surface area contributed by atoms with Gasteiger partial charge in [0.25, 0.3) is 0 Å². The van der Waals surface area contributed by atoms with Crippen molar-refractivity contribution in [1.82, 2.24) is 14.5 Å². The van der Waals surface area contributed by atoms with Gasteiger partial charge < -0.3 is 4.90 Å². The molecule has 2 aromatic rings. The number of terminal acetylenes is 1. The Morgan fingerprint density at radius 3 is 2.73 bits per heavy atom. The van der Waals surface area contributed by atoms with Crippen molar-refractivity contribution in [2.24, 2.45) is 0 Å². The highest BCUT2D eigenvalue weighted by molar-refractivity contribution is 6.35. The van der Waals surface area contributed by atoms with Gasteiger partial charge >= 0.3 is 6.03 Å². The molecule has 0 fully saturated rings. The molecular formula is C16H15Cl2N3O. The highest BCUT2D eigenvalue weighted by Gasteiger charge is 2.30. The summed E-state index contributed by atoms with van der Waals surface area (Å²) >= 11 is 12.1. The zero-order valence-electron chi connectivity index (χ0n) is 12.3. The van der Waals surface area contributed by atoms with Gasteiger partial charge in [-0.05, 0) is 31.5 Å². The van der Waals surface area contributed by atoms with E-state index in [2.05, 4.69) is 10.9 Å². The summed E-state index contributed by atoms with van der Waals surface area (Å²) in [4.78, 5) is 18.1. The van der Waals surface area contributed by atoms with Gasteiger partial charge in [0.15, 0.2) is 0 Å². The number of halogens is 2. The number of imidazole rings is 1. The first kappa shape index (κ1) is 16.4. The molecule has 0 aliphatic carbocycles. The van der Waals surface area contributed by atoms with Crippen LogP contribution in [0.5, 0.6) is 0 Å². The first-order chi connectivity index (χ1) is 10.3. The van der Waals surface area contributed by atoms with Crippen LogP contribution in [0.15, 0.2) is 36.9 Å². The van der Waals surface area contributed by atoms with Gasteiger partial charge in [0.1, 0.15) is 11.9 Å². The molecule has 0 unspecified atom stereocenters. The number of rotatable bonds is 3. The van der Waals surface area contributed by atoms with Crippen LogP contribution < -0.4 is 0 Å². The fourth-order valence-corrected chi connectivity index (χ4v) is 2.38. The second-order valence-electron chi connectivity index (χ2n) is 5.28. The molecule has 0 saturated carbocycles. The Hall–Kier alpha value is -1.96. The second kappa shape index (κ2) is 6.43. The average Bonchev–Trinajstić information content (AvgIpc) is 3.00. The van der Waals surface area contributed by atoms with Gasteiger partial charge in [-0.2, -0.15) is 0 Å². The van der Waals surface area contributed by atoms with Gasteiger partial charge in [0.2, 0.25) is 0 Å². The third-order valence-electron chi connectivity index (χ3n) is 3.33. The normalized spacial score (nSPS) is 11.0. The summed E-state index contributed by atoms with van der Waals surface area (Å²) in [6.07, 6.45) is 10.1. The van der Waals surface area contributed by atoms with E-state index in [0.29, 0.717) is 10.0 Å². The van der Waals surface area contributed by atoms with Gasteiger partial charge in [0, 0.05) is 22.4 Å². The average molecular weight is 336 g/mol. The maximum absolute atomic E-state index is 12.7. The van der Waals surface area contributed by atoms with Crippen LogP contribution in [0.4, 0.5) is 4.79 Å². The molecule has 2 rings (SSSR count). The number of nitrogens with zero attached hydrogens (tertiary/aromatic N) is 3. The first-order valence-electron chi connectivity index (χ1n) is 6.57. The Bertz CT molecular complexity index is 717. The van der Waals surface area contributed by atoms with Crippen LogP contribution in [0, 0.1) is 12.3 Å². The third-order valence-corrected chi connectivity index (χ3v) is 3.91. The predicted octanol–water partition coefficient (Wildman–Crippen LogP) is 4.07. The minimum absolute atomic E-state index is 0.268. The van der Waals surface area contributed by atoms with Crippen LogP contribution in [-0.2, 0) is 6.54 Å². The number of carbonyl (C=O) groups is 1. The van der Waals surface area contributed by atoms with Crippen molar-refractivity contribution in [1.29, 1.82) is 0 Å². The Labute approximate surface area is 139 Å². The van der Waals surface area contributed by atoms with Gasteiger partial charge in [-0.3, -0.25) is 4.57 Å². The topological polar surface area (TPSA) is 38.1 Å². The molecular weight excluding hydrogens is 321 g/mol. The van der Waals surface area contributed by atoms with Crippen LogP contribution in [0.2, 0.25) is 10.0 Å². The van der Waals surface area contributed by atoms with Crippen molar-refractivity contribution in [3.8, 4) is 12.3 Å². The van der Waals surface area contributed by atoms with E-state index in [1.807, 2.05) is 0 Å². The lowest BCUT2D eigenvalue weighted by molar-refractivity contribution is 0.159. The smallest absolute Gasteiger partial charge is 0.304 e. The molecule has 0 N–H and O–H groups in total. The van der Waals surface area contributed by atoms with Crippen molar-refractivity contribution in [3.05, 3.63) is 52.5 Å². The first-order valence-corrected chi connectivity index (χ1v) is 7.32. The lowest BCUT2D eigenvalue weighted by atomic mass is 10.0. The van der Waals surface area contributed by atoms with E-state index in [0.717, 1.165) is 5.56 Å². The summed E-state index contributed by atoms with van der Waals surface area (Å²) in [5.74, 6) is 2.64. The van der Waals surface area contributed by atoms with Crippen LogP contribution >= 0.6 is 23.2 Å². The Balaban J connectivity index is 2.38. The predicted molar refractivity (Wildman–Crippen MR) is 87.9 cm³/mol. The number of benzene rings is 1. The fourth-order valence-electron chi connectivity index (χ4n) is 1.91. The Morgan fingerprint density at radius 1 is 1.45 bits per heavy atom. The highest BCUT2D eigenvalue weighted by atomic mass is 35.5. The van der Waals surface area contributed by atoms with E-state index in [4.69, 9.17) is 29.6 Å². The number of hydrogen-bond acceptors (Lipinski definition) is 2. The van der Waals surface area contributed by atoms with Crippen molar-refractivity contribution in [2.75, 3.05) is 0 Å². The molecule has 114 valence electrons. The van der Waals surface area contributed by atoms with Gasteiger partial charge in [0.05, 0.1) is 6.54 Å². The SMILES string of the molecule is C#CC(C)(C)N(Cc1ccc(Cl)cc1Cl)C(=O)n1ccnc1. The van der Waals surface area contributed by atoms with E-state index in [-0.39, 0.29) is 12.6 Å². The molecule has 1 aromatic carbocycles. The molecule has 0 aliphatic heterocycles. The maximum atomic E-state index is 12.7. The number of amides is 1. The van der Waals surface area contributed by atoms with E-state index in [1.54, 1.807) is 43.1 Å². The van der Waals surface area contributed by atoms with Crippen molar-refractivity contribution >= 4 is 29.2 Å². The van der Waals surface area contributed by atoms with Crippen molar-refractivity contribution in [2.45, 2.75) is 25.9 Å². The molecule has 0 saturated heterocycles. The second-order valence-corrected chi connectivity index (χ2v) is 6.12. The summed E-state index contributed by atoms with van der Waals surface area (Å²) in [5, 5.41) is 1.03. The third kappa shape index (κ3) is 3.44. The van der Waals surface area contributed by atoms with E-state index in [1.165, 1.54) is 17.1 Å². The summed E-state index contributed by atoms with van der Waals surface area (Å²) in [6.45, 7) is 3.86.